The quantitative estimate of drug-likeness (QED) is 0.0646. The summed E-state index contributed by atoms with van der Waals surface area (Å²) in [6.07, 6.45) is 39.0. The number of piperazine rings is 5. The summed E-state index contributed by atoms with van der Waals surface area (Å²) >= 11 is 0. The molecule has 0 bridgehead atoms. The van der Waals surface area contributed by atoms with E-state index in [9.17, 15) is 0 Å². The number of rotatable bonds is 32. The number of hydrogen-bond acceptors (Lipinski definition) is 12. The summed E-state index contributed by atoms with van der Waals surface area (Å²) in [5.74, 6) is 0. The Balaban J connectivity index is 0.000000477. The van der Waals surface area contributed by atoms with E-state index in [1.807, 2.05) is 0 Å². The molecule has 0 spiro atoms. The van der Waals surface area contributed by atoms with E-state index in [2.05, 4.69) is 319 Å². The van der Waals surface area contributed by atoms with Crippen LogP contribution in [0.4, 0.5) is 0 Å². The first-order valence-electron chi connectivity index (χ1n) is 49.8. The van der Waals surface area contributed by atoms with Crippen LogP contribution < -0.4 is 0 Å². The lowest BCUT2D eigenvalue weighted by atomic mass is 9.76. The standard InChI is InChI=1S/C19H35N3.C19H40N2.C18H38N2.C17H36N2.C16H34N2.C15H32N2/c1-17(2,3)11-9-7-8-10-14-22-15-16(20-21-22)19(12-13-19)18(4,5)6;1-18(2,3)12-10-8-7-9-11-13-20-14-16-21(17-15-20)19(4,5)6;1-17(2,3)11-9-7-8-10-12-19-13-15-20(16-14-19)18(4,5)6;1-16(2,3)10-8-7-9-11-18-12-14-19(15-13-18)17(4,5)6;1-15(2,3)9-7-8-10-17-11-13-18(14-12-17)16(4,5)6;1-14(2,3)8-7-9-16-10-12-17(13-11-16)15(4,5)6/h15H,7-14H2,1-6H3;7-17H2,1-6H3;7-16H2,1-6H3;7-15H2,1-6H3;7-14H2,1-6H3;7-13H2,1-6H3. The number of aromatic nitrogens is 3. The zero-order valence-corrected chi connectivity index (χ0v) is 86.9. The van der Waals surface area contributed by atoms with Crippen molar-refractivity contribution in [1.29, 1.82) is 0 Å². The van der Waals surface area contributed by atoms with Crippen LogP contribution in [0.2, 0.25) is 0 Å². The molecule has 0 N–H and O–H groups in total. The largest absolute Gasteiger partial charge is 0.301 e. The first-order chi connectivity index (χ1) is 53.6. The lowest BCUT2D eigenvalue weighted by molar-refractivity contribution is 0.0605. The van der Waals surface area contributed by atoms with E-state index in [4.69, 9.17) is 0 Å². The Labute approximate surface area is 735 Å². The first kappa shape index (κ1) is 112. The normalized spacial score (nSPS) is 19.5. The summed E-state index contributed by atoms with van der Waals surface area (Å²) in [6, 6.07) is 0. The maximum absolute atomic E-state index is 4.48. The van der Waals surface area contributed by atoms with Crippen LogP contribution in [0.1, 0.15) is 428 Å². The molecule has 0 aromatic carbocycles. The zero-order valence-electron chi connectivity index (χ0n) is 86.9. The van der Waals surface area contributed by atoms with Gasteiger partial charge in [-0.2, -0.15) is 0 Å². The van der Waals surface area contributed by atoms with E-state index in [0.717, 1.165) is 6.54 Å². The SMILES string of the molecule is CC(C)(C)CCCCCCCN1CCN(C(C)(C)C)CC1.CC(C)(C)CCCCCCN1CCN(C(C)(C)C)CC1.CC(C)(C)CCCCCCn1cc(C2(C(C)(C)C)CC2)nn1.CC(C)(C)CCCCCN1CCN(C(C)(C)C)CC1.CC(C)(C)CCCCN1CCN(C(C)(C)C)CC1.CC(C)(C)CCCN1CCN(C(C)(C)C)CC1. The van der Waals surface area contributed by atoms with Crippen LogP contribution in [0.15, 0.2) is 6.20 Å². The molecule has 5 saturated heterocycles. The van der Waals surface area contributed by atoms with Gasteiger partial charge in [0.15, 0.2) is 0 Å². The highest BCUT2D eigenvalue weighted by Crippen LogP contribution is 2.59. The summed E-state index contributed by atoms with van der Waals surface area (Å²) in [6.45, 7) is 117. The van der Waals surface area contributed by atoms with Gasteiger partial charge in [-0.25, -0.2) is 0 Å². The average Bonchev–Trinajstić information content (AvgIpc) is 1.58. The van der Waals surface area contributed by atoms with Gasteiger partial charge in [-0.05, 0) is 264 Å². The number of hydrogen-bond donors (Lipinski definition) is 0. The minimum atomic E-state index is 0.290. The number of nitrogens with zero attached hydrogens (tertiary/aromatic N) is 13. The van der Waals surface area contributed by atoms with E-state index in [1.165, 1.54) is 343 Å². The van der Waals surface area contributed by atoms with Gasteiger partial charge in [-0.1, -0.05) is 234 Å². The van der Waals surface area contributed by atoms with Crippen LogP contribution in [0.5, 0.6) is 0 Å². The molecular weight excluding hydrogens is 1430 g/mol. The summed E-state index contributed by atoms with van der Waals surface area (Å²) in [7, 11) is 0. The monoisotopic (exact) mass is 1650 g/mol. The molecule has 13 heteroatoms. The van der Waals surface area contributed by atoms with Crippen molar-refractivity contribution < 1.29 is 0 Å². The van der Waals surface area contributed by atoms with E-state index < -0.39 is 0 Å². The first-order valence-corrected chi connectivity index (χ1v) is 49.8. The van der Waals surface area contributed by atoms with Crippen LogP contribution >= 0.6 is 0 Å². The van der Waals surface area contributed by atoms with Crippen molar-refractivity contribution in [3.8, 4) is 0 Å². The fourth-order valence-corrected chi connectivity index (χ4v) is 17.5. The minimum absolute atomic E-state index is 0.290. The van der Waals surface area contributed by atoms with E-state index in [-0.39, 0.29) is 5.41 Å². The van der Waals surface area contributed by atoms with Crippen molar-refractivity contribution in [3.63, 3.8) is 0 Å². The van der Waals surface area contributed by atoms with Crippen molar-refractivity contribution in [2.24, 2.45) is 37.9 Å². The van der Waals surface area contributed by atoms with Gasteiger partial charge in [0.2, 0.25) is 0 Å². The maximum Gasteiger partial charge on any atom is 0.0893 e. The summed E-state index contributed by atoms with van der Waals surface area (Å²) in [4.78, 5) is 26.3. The molecule has 0 radical (unpaired) electrons. The Morgan fingerprint density at radius 3 is 0.615 bits per heavy atom. The molecule has 6 fully saturated rings. The van der Waals surface area contributed by atoms with Crippen LogP contribution in [0.3, 0.4) is 0 Å². The Bertz CT molecular complexity index is 2580. The topological polar surface area (TPSA) is 63.1 Å². The van der Waals surface area contributed by atoms with Gasteiger partial charge in [0.05, 0.1) is 5.69 Å². The molecule has 6 aliphatic rings. The predicted octanol–water partition coefficient (Wildman–Crippen LogP) is 25.4. The van der Waals surface area contributed by atoms with E-state index in [1.54, 1.807) is 0 Å². The lowest BCUT2D eigenvalue weighted by Crippen LogP contribution is -2.53. The van der Waals surface area contributed by atoms with Gasteiger partial charge < -0.3 is 24.5 Å². The second-order valence-corrected chi connectivity index (χ2v) is 51.3. The lowest BCUT2D eigenvalue weighted by Gasteiger charge is -2.42. The fourth-order valence-electron chi connectivity index (χ4n) is 17.5. The number of unbranched alkanes of at least 4 members (excludes halogenated alkanes) is 13. The maximum atomic E-state index is 4.48. The Kier molecular flexibility index (Phi) is 49.8. The van der Waals surface area contributed by atoms with Crippen LogP contribution in [-0.4, -0.2) is 255 Å². The van der Waals surface area contributed by atoms with Crippen molar-refractivity contribution in [1.82, 2.24) is 64.0 Å². The Morgan fingerprint density at radius 2 is 0.402 bits per heavy atom. The van der Waals surface area contributed by atoms with Crippen LogP contribution in [-0.2, 0) is 12.0 Å². The number of aryl methyl sites for hydroxylation is 1. The Morgan fingerprint density at radius 1 is 0.222 bits per heavy atom. The van der Waals surface area contributed by atoms with Crippen molar-refractivity contribution in [2.45, 2.75) is 462 Å². The van der Waals surface area contributed by atoms with Crippen LogP contribution in [0, 0.1) is 37.9 Å². The molecule has 6 heterocycles. The predicted molar refractivity (Wildman–Crippen MR) is 521 cm³/mol. The second-order valence-electron chi connectivity index (χ2n) is 51.3. The van der Waals surface area contributed by atoms with E-state index in [0.29, 0.717) is 65.6 Å². The summed E-state index contributed by atoms with van der Waals surface area (Å²) in [5.41, 5.74) is 6.55. The molecule has 1 aliphatic carbocycles. The molecule has 5 aliphatic heterocycles. The van der Waals surface area contributed by atoms with Crippen molar-refractivity contribution in [3.05, 3.63) is 11.9 Å². The smallest absolute Gasteiger partial charge is 0.0893 e. The average molecular weight is 1650 g/mol. The van der Waals surface area contributed by atoms with Crippen molar-refractivity contribution in [2.75, 3.05) is 164 Å². The molecule has 117 heavy (non-hydrogen) atoms. The molecule has 0 atom stereocenters. The molecule has 0 unspecified atom stereocenters. The highest BCUT2D eigenvalue weighted by atomic mass is 15.4. The second kappa shape index (κ2) is 52.1. The molecule has 1 aromatic rings. The van der Waals surface area contributed by atoms with Gasteiger partial charge in [-0.3, -0.25) is 29.2 Å². The molecular formula is C104H215N13. The fraction of sp³-hybridized carbons (Fsp3) is 0.981. The van der Waals surface area contributed by atoms with Gasteiger partial charge in [0.25, 0.3) is 0 Å². The third kappa shape index (κ3) is 55.1. The third-order valence-corrected chi connectivity index (χ3v) is 26.4. The van der Waals surface area contributed by atoms with Gasteiger partial charge >= 0.3 is 0 Å². The molecule has 1 aromatic heterocycles. The Hall–Kier alpha value is -1.26. The van der Waals surface area contributed by atoms with Crippen molar-refractivity contribution >= 4 is 0 Å². The molecule has 7 rings (SSSR count). The third-order valence-electron chi connectivity index (χ3n) is 26.4. The van der Waals surface area contributed by atoms with Gasteiger partial charge in [0.1, 0.15) is 0 Å². The molecule has 13 nitrogen and oxygen atoms in total. The zero-order chi connectivity index (χ0) is 89.0. The highest BCUT2D eigenvalue weighted by molar-refractivity contribution is 5.25. The van der Waals surface area contributed by atoms with Crippen LogP contribution in [0.25, 0.3) is 0 Å². The highest BCUT2D eigenvalue weighted by Gasteiger charge is 2.55. The molecule has 1 saturated carbocycles. The van der Waals surface area contributed by atoms with Gasteiger partial charge in [-0.15, -0.1) is 5.10 Å². The summed E-state index contributed by atoms with van der Waals surface area (Å²) < 4.78 is 2.06. The van der Waals surface area contributed by atoms with E-state index >= 15 is 0 Å². The summed E-state index contributed by atoms with van der Waals surface area (Å²) in [5, 5.41) is 8.84. The minimum Gasteiger partial charge on any atom is -0.301 e. The molecule has 0 amide bonds. The molecule has 696 valence electrons. The van der Waals surface area contributed by atoms with Gasteiger partial charge in [0, 0.05) is 177 Å².